The Kier molecular flexibility index (Phi) is 4.05. The third-order valence-corrected chi connectivity index (χ3v) is 4.81. The minimum atomic E-state index is -4.48. The number of fused-ring (bicyclic) bond motifs is 1. The van der Waals surface area contributed by atoms with Crippen molar-refractivity contribution in [3.05, 3.63) is 51.5 Å². The van der Waals surface area contributed by atoms with E-state index in [1.54, 1.807) is 11.6 Å². The van der Waals surface area contributed by atoms with E-state index >= 15 is 0 Å². The second kappa shape index (κ2) is 6.17. The van der Waals surface area contributed by atoms with Gasteiger partial charge in [0, 0.05) is 12.1 Å². The summed E-state index contributed by atoms with van der Waals surface area (Å²) in [6.07, 6.45) is -0.747. The number of H-pyrrole nitrogens is 1. The van der Waals surface area contributed by atoms with Crippen molar-refractivity contribution in [1.29, 1.82) is 0 Å². The lowest BCUT2D eigenvalue weighted by molar-refractivity contribution is -0.141. The molecular formula is C18H18F3N5O. The molecule has 0 radical (unpaired) electrons. The average Bonchev–Trinajstić information content (AvgIpc) is 3.38. The summed E-state index contributed by atoms with van der Waals surface area (Å²) in [5.74, 6) is 0.707. The standard InChI is InChI=1S/C18H18F3N5O/c1-3-12(11-6-7-13(22-8-11)18(19,20)21)26-16-14(15(25-26)10-4-5-10)17(27)24-9(2)23-16/h6-8,10,12H,3-5H2,1-2H3,(H,23,24,27)/t12-/m1/s1. The van der Waals surface area contributed by atoms with Crippen LogP contribution in [0.5, 0.6) is 0 Å². The lowest BCUT2D eigenvalue weighted by Gasteiger charge is -2.17. The minimum absolute atomic E-state index is 0.231. The Morgan fingerprint density at radius 2 is 2.07 bits per heavy atom. The molecule has 9 heteroatoms. The Morgan fingerprint density at radius 1 is 1.33 bits per heavy atom. The topological polar surface area (TPSA) is 76.5 Å². The van der Waals surface area contributed by atoms with Crippen LogP contribution in [0.2, 0.25) is 0 Å². The molecule has 27 heavy (non-hydrogen) atoms. The monoisotopic (exact) mass is 377 g/mol. The first-order valence-corrected chi connectivity index (χ1v) is 8.81. The number of aryl methyl sites for hydroxylation is 1. The van der Waals surface area contributed by atoms with Crippen LogP contribution in [0.1, 0.15) is 60.9 Å². The molecule has 142 valence electrons. The molecule has 1 fully saturated rings. The molecule has 6 nitrogen and oxygen atoms in total. The minimum Gasteiger partial charge on any atom is -0.310 e. The molecule has 1 aliphatic rings. The van der Waals surface area contributed by atoms with Crippen molar-refractivity contribution in [3.8, 4) is 0 Å². The van der Waals surface area contributed by atoms with E-state index in [1.165, 1.54) is 12.3 Å². The van der Waals surface area contributed by atoms with Gasteiger partial charge in [0.15, 0.2) is 5.65 Å². The van der Waals surface area contributed by atoms with Gasteiger partial charge in [0.2, 0.25) is 0 Å². The second-order valence-corrected chi connectivity index (χ2v) is 6.85. The van der Waals surface area contributed by atoms with Gasteiger partial charge in [-0.25, -0.2) is 9.67 Å². The number of hydrogen-bond acceptors (Lipinski definition) is 4. The number of alkyl halides is 3. The largest absolute Gasteiger partial charge is 0.433 e. The molecule has 1 saturated carbocycles. The highest BCUT2D eigenvalue weighted by molar-refractivity contribution is 5.78. The number of pyridine rings is 1. The first kappa shape index (κ1) is 17.7. The van der Waals surface area contributed by atoms with Crippen molar-refractivity contribution in [1.82, 2.24) is 24.7 Å². The summed E-state index contributed by atoms with van der Waals surface area (Å²) in [6, 6.07) is 2.02. The van der Waals surface area contributed by atoms with Gasteiger partial charge < -0.3 is 4.98 Å². The van der Waals surface area contributed by atoms with E-state index in [9.17, 15) is 18.0 Å². The second-order valence-electron chi connectivity index (χ2n) is 6.85. The van der Waals surface area contributed by atoms with E-state index in [4.69, 9.17) is 0 Å². The molecule has 3 aromatic rings. The van der Waals surface area contributed by atoms with E-state index in [1.807, 2.05) is 6.92 Å². The van der Waals surface area contributed by atoms with Crippen molar-refractivity contribution >= 4 is 11.0 Å². The summed E-state index contributed by atoms with van der Waals surface area (Å²) in [5.41, 5.74) is 0.612. The fourth-order valence-electron chi connectivity index (χ4n) is 3.36. The van der Waals surface area contributed by atoms with E-state index < -0.39 is 11.9 Å². The summed E-state index contributed by atoms with van der Waals surface area (Å²) in [5, 5.41) is 5.13. The zero-order valence-corrected chi connectivity index (χ0v) is 14.8. The SMILES string of the molecule is CC[C@H](c1ccc(C(F)(F)F)nc1)n1nc(C2CC2)c2c(=O)[nH]c(C)nc21. The van der Waals surface area contributed by atoms with E-state index in [0.29, 0.717) is 28.8 Å². The Morgan fingerprint density at radius 3 is 2.63 bits per heavy atom. The first-order chi connectivity index (χ1) is 12.8. The van der Waals surface area contributed by atoms with Crippen LogP contribution in [0.3, 0.4) is 0 Å². The Bertz CT molecular complexity index is 1050. The highest BCUT2D eigenvalue weighted by Gasteiger charge is 2.34. The van der Waals surface area contributed by atoms with Crippen molar-refractivity contribution in [2.75, 3.05) is 0 Å². The van der Waals surface area contributed by atoms with E-state index in [0.717, 1.165) is 24.6 Å². The third-order valence-electron chi connectivity index (χ3n) is 4.81. The Balaban J connectivity index is 1.85. The van der Waals surface area contributed by atoms with Gasteiger partial charge in [-0.1, -0.05) is 13.0 Å². The summed E-state index contributed by atoms with van der Waals surface area (Å²) < 4.78 is 40.0. The highest BCUT2D eigenvalue weighted by Crippen LogP contribution is 2.42. The molecule has 1 atom stereocenters. The number of hydrogen-bond donors (Lipinski definition) is 1. The molecule has 0 unspecified atom stereocenters. The van der Waals surface area contributed by atoms with Gasteiger partial charge in [0.1, 0.15) is 16.9 Å². The first-order valence-electron chi connectivity index (χ1n) is 8.81. The van der Waals surface area contributed by atoms with Gasteiger partial charge >= 0.3 is 6.18 Å². The van der Waals surface area contributed by atoms with Gasteiger partial charge in [-0.15, -0.1) is 0 Å². The zero-order chi connectivity index (χ0) is 19.3. The summed E-state index contributed by atoms with van der Waals surface area (Å²) in [6.45, 7) is 3.60. The van der Waals surface area contributed by atoms with Crippen LogP contribution in [-0.4, -0.2) is 24.7 Å². The smallest absolute Gasteiger partial charge is 0.310 e. The maximum absolute atomic E-state index is 12.8. The average molecular weight is 377 g/mol. The predicted octanol–water partition coefficient (Wildman–Crippen LogP) is 3.72. The molecule has 3 heterocycles. The Labute approximate surface area is 152 Å². The number of nitrogens with one attached hydrogen (secondary N) is 1. The number of aromatic amines is 1. The van der Waals surface area contributed by atoms with Crippen LogP contribution < -0.4 is 5.56 Å². The quantitative estimate of drug-likeness (QED) is 0.752. The molecule has 0 amide bonds. The lowest BCUT2D eigenvalue weighted by atomic mass is 10.1. The molecule has 3 aromatic heterocycles. The van der Waals surface area contributed by atoms with Gasteiger partial charge in [-0.05, 0) is 37.8 Å². The van der Waals surface area contributed by atoms with Gasteiger partial charge in [-0.3, -0.25) is 9.78 Å². The third kappa shape index (κ3) is 3.11. The van der Waals surface area contributed by atoms with Crippen molar-refractivity contribution in [2.45, 2.75) is 51.2 Å². The molecule has 4 rings (SSSR count). The molecule has 1 aliphatic carbocycles. The van der Waals surface area contributed by atoms with Crippen LogP contribution >= 0.6 is 0 Å². The zero-order valence-electron chi connectivity index (χ0n) is 14.8. The maximum Gasteiger partial charge on any atom is 0.433 e. The fraction of sp³-hybridized carbons (Fsp3) is 0.444. The lowest BCUT2D eigenvalue weighted by Crippen LogP contribution is -2.16. The van der Waals surface area contributed by atoms with Crippen molar-refractivity contribution in [3.63, 3.8) is 0 Å². The molecular weight excluding hydrogens is 359 g/mol. The van der Waals surface area contributed by atoms with Crippen molar-refractivity contribution < 1.29 is 13.2 Å². The number of rotatable bonds is 4. The van der Waals surface area contributed by atoms with Crippen LogP contribution in [0.4, 0.5) is 13.2 Å². The van der Waals surface area contributed by atoms with Gasteiger partial charge in [0.25, 0.3) is 5.56 Å². The van der Waals surface area contributed by atoms with Crippen LogP contribution in [0, 0.1) is 6.92 Å². The summed E-state index contributed by atoms with van der Waals surface area (Å²) in [4.78, 5) is 23.2. The van der Waals surface area contributed by atoms with Crippen LogP contribution in [-0.2, 0) is 6.18 Å². The molecule has 1 N–H and O–H groups in total. The number of aromatic nitrogens is 5. The molecule has 0 bridgehead atoms. The van der Waals surface area contributed by atoms with Crippen LogP contribution in [0.15, 0.2) is 23.1 Å². The van der Waals surface area contributed by atoms with E-state index in [-0.39, 0.29) is 17.5 Å². The highest BCUT2D eigenvalue weighted by atomic mass is 19.4. The fourth-order valence-corrected chi connectivity index (χ4v) is 3.36. The normalized spacial score (nSPS) is 16.0. The van der Waals surface area contributed by atoms with Crippen molar-refractivity contribution in [2.24, 2.45) is 0 Å². The Hall–Kier alpha value is -2.71. The number of nitrogens with zero attached hydrogens (tertiary/aromatic N) is 4. The molecule has 0 aliphatic heterocycles. The maximum atomic E-state index is 12.8. The van der Waals surface area contributed by atoms with Gasteiger partial charge in [0.05, 0.1) is 11.7 Å². The predicted molar refractivity (Wildman–Crippen MR) is 92.5 cm³/mol. The van der Waals surface area contributed by atoms with E-state index in [2.05, 4.69) is 20.1 Å². The summed E-state index contributed by atoms with van der Waals surface area (Å²) in [7, 11) is 0. The summed E-state index contributed by atoms with van der Waals surface area (Å²) >= 11 is 0. The number of halogens is 3. The molecule has 0 aromatic carbocycles. The van der Waals surface area contributed by atoms with Crippen LogP contribution in [0.25, 0.3) is 11.0 Å². The molecule has 0 spiro atoms. The molecule has 0 saturated heterocycles. The van der Waals surface area contributed by atoms with Gasteiger partial charge in [-0.2, -0.15) is 18.3 Å².